The molecule has 0 spiro atoms. The number of alkyl halides is 6. The molecule has 3 N–H and O–H groups in total. The molecule has 0 aliphatic carbocycles. The molecular formula is C22H23F6N3O4. The van der Waals surface area contributed by atoms with Crippen LogP contribution in [0.1, 0.15) is 42.7 Å². The molecule has 13 heteroatoms. The molecule has 1 fully saturated rings. The maximum Gasteiger partial charge on any atom is 0.433 e. The lowest BCUT2D eigenvalue weighted by molar-refractivity contribution is -0.145. The molecule has 192 valence electrons. The van der Waals surface area contributed by atoms with E-state index in [1.807, 2.05) is 0 Å². The number of aliphatic hydroxyl groups is 1. The number of aromatic nitrogens is 1. The highest BCUT2D eigenvalue weighted by molar-refractivity contribution is 5.87. The van der Waals surface area contributed by atoms with Crippen LogP contribution < -0.4 is 10.6 Å². The van der Waals surface area contributed by atoms with Gasteiger partial charge in [0.25, 0.3) is 0 Å². The zero-order valence-electron chi connectivity index (χ0n) is 18.6. The first-order chi connectivity index (χ1) is 16.2. The summed E-state index contributed by atoms with van der Waals surface area (Å²) in [6.07, 6.45) is -11.2. The van der Waals surface area contributed by atoms with Crippen LogP contribution in [0.15, 0.2) is 24.3 Å². The number of amides is 1. The zero-order valence-corrected chi connectivity index (χ0v) is 18.6. The highest BCUT2D eigenvalue weighted by atomic mass is 19.4. The number of benzene rings is 1. The molecule has 35 heavy (non-hydrogen) atoms. The van der Waals surface area contributed by atoms with E-state index in [9.17, 15) is 41.0 Å². The van der Waals surface area contributed by atoms with Crippen molar-refractivity contribution in [3.8, 4) is 0 Å². The summed E-state index contributed by atoms with van der Waals surface area (Å²) in [5.41, 5.74) is -4.16. The maximum absolute atomic E-state index is 13.5. The predicted octanol–water partition coefficient (Wildman–Crippen LogP) is 3.35. The minimum Gasteiger partial charge on any atom is -0.467 e. The summed E-state index contributed by atoms with van der Waals surface area (Å²) in [6, 6.07) is 1.66. The summed E-state index contributed by atoms with van der Waals surface area (Å²) in [5, 5.41) is 16.0. The summed E-state index contributed by atoms with van der Waals surface area (Å²) in [4.78, 5) is 27.1. The number of pyridine rings is 1. The summed E-state index contributed by atoms with van der Waals surface area (Å²) in [7, 11) is 1.17. The van der Waals surface area contributed by atoms with Crippen molar-refractivity contribution >= 4 is 22.8 Å². The van der Waals surface area contributed by atoms with Gasteiger partial charge in [0.15, 0.2) is 0 Å². The van der Waals surface area contributed by atoms with Crippen LogP contribution in [-0.2, 0) is 26.7 Å². The fraction of sp³-hybridized carbons (Fsp3) is 0.500. The van der Waals surface area contributed by atoms with Crippen LogP contribution in [0.2, 0.25) is 0 Å². The van der Waals surface area contributed by atoms with Gasteiger partial charge in [-0.2, -0.15) is 26.3 Å². The topological polar surface area (TPSA) is 101 Å². The van der Waals surface area contributed by atoms with Crippen LogP contribution >= 0.6 is 0 Å². The number of para-hydroxylation sites is 1. The Balaban J connectivity index is 1.87. The van der Waals surface area contributed by atoms with Gasteiger partial charge in [-0.3, -0.25) is 4.79 Å². The predicted molar refractivity (Wildman–Crippen MR) is 111 cm³/mol. The number of hydrogen-bond acceptors (Lipinski definition) is 6. The Hall–Kier alpha value is -2.93. The Kier molecular flexibility index (Phi) is 7.60. The van der Waals surface area contributed by atoms with Crippen LogP contribution in [0.25, 0.3) is 10.9 Å². The number of piperidine rings is 1. The van der Waals surface area contributed by atoms with Crippen molar-refractivity contribution in [2.24, 2.45) is 5.92 Å². The summed E-state index contributed by atoms with van der Waals surface area (Å²) in [5.74, 6) is -1.69. The highest BCUT2D eigenvalue weighted by Gasteiger charge is 2.39. The van der Waals surface area contributed by atoms with E-state index in [0.717, 1.165) is 6.07 Å². The number of rotatable bonds is 5. The van der Waals surface area contributed by atoms with Crippen LogP contribution in [0.5, 0.6) is 0 Å². The van der Waals surface area contributed by atoms with E-state index in [0.29, 0.717) is 12.1 Å². The summed E-state index contributed by atoms with van der Waals surface area (Å²) >= 11 is 0. The lowest BCUT2D eigenvalue weighted by Gasteiger charge is -2.33. The molecule has 0 saturated carbocycles. The number of halogens is 6. The molecule has 1 aliphatic heterocycles. The molecule has 1 aromatic heterocycles. The molecule has 2 heterocycles. The average molecular weight is 507 g/mol. The molecule has 0 bridgehead atoms. The number of carbonyl (C=O) groups is 2. The number of esters is 1. The average Bonchev–Trinajstić information content (AvgIpc) is 2.80. The molecule has 1 amide bonds. The number of fused-ring (bicyclic) bond motifs is 1. The molecule has 1 saturated heterocycles. The fourth-order valence-electron chi connectivity index (χ4n) is 4.05. The smallest absolute Gasteiger partial charge is 0.433 e. The van der Waals surface area contributed by atoms with Crippen LogP contribution in [0.3, 0.4) is 0 Å². The molecule has 3 rings (SSSR count). The molecular weight excluding hydrogens is 484 g/mol. The molecule has 1 aliphatic rings. The monoisotopic (exact) mass is 507 g/mol. The van der Waals surface area contributed by atoms with Gasteiger partial charge < -0.3 is 20.5 Å². The third-order valence-corrected chi connectivity index (χ3v) is 5.90. The van der Waals surface area contributed by atoms with Crippen molar-refractivity contribution in [3.05, 3.63) is 41.1 Å². The van der Waals surface area contributed by atoms with Crippen molar-refractivity contribution in [1.29, 1.82) is 0 Å². The second-order valence-electron chi connectivity index (χ2n) is 8.28. The fourth-order valence-corrected chi connectivity index (χ4v) is 4.05. The van der Waals surface area contributed by atoms with E-state index < -0.39 is 65.1 Å². The van der Waals surface area contributed by atoms with Crippen molar-refractivity contribution < 1.29 is 45.8 Å². The van der Waals surface area contributed by atoms with Crippen LogP contribution in [0.4, 0.5) is 26.3 Å². The number of ether oxygens (including phenoxy) is 1. The Morgan fingerprint density at radius 3 is 2.40 bits per heavy atom. The Labute approximate surface area is 195 Å². The Morgan fingerprint density at radius 1 is 1.17 bits per heavy atom. The third-order valence-electron chi connectivity index (χ3n) is 5.90. The number of nitrogens with zero attached hydrogens (tertiary/aromatic N) is 1. The maximum atomic E-state index is 13.5. The lowest BCUT2D eigenvalue weighted by Crippen LogP contribution is -2.50. The largest absolute Gasteiger partial charge is 0.467 e. The third kappa shape index (κ3) is 5.84. The quantitative estimate of drug-likeness (QED) is 0.424. The van der Waals surface area contributed by atoms with E-state index in [-0.39, 0.29) is 30.3 Å². The number of methoxy groups -OCH3 is 1. The van der Waals surface area contributed by atoms with Gasteiger partial charge >= 0.3 is 18.3 Å². The standard InChI is InChI=1S/C22H23F6N3O4/c1-10(20(34)35-2)30-19(33)11-6-7-15(29-9-11)18(32)13-8-16(22(26,27)28)31-17-12(13)4-3-5-14(17)21(23,24)25/h3-5,8,10-11,15,18,29,32H,6-7,9H2,1-2H3,(H,30,33). The molecule has 2 aromatic rings. The number of aliphatic hydroxyl groups excluding tert-OH is 1. The number of nitrogens with one attached hydrogen (secondary N) is 2. The SMILES string of the molecule is COC(=O)C(C)NC(=O)C1CCC(C(O)c2cc(C(F)(F)F)nc3c(C(F)(F)F)cccc23)NC1. The first-order valence-electron chi connectivity index (χ1n) is 10.6. The summed E-state index contributed by atoms with van der Waals surface area (Å²) in [6.45, 7) is 1.47. The van der Waals surface area contributed by atoms with Gasteiger partial charge in [-0.25, -0.2) is 9.78 Å². The van der Waals surface area contributed by atoms with Crippen LogP contribution in [0, 0.1) is 5.92 Å². The van der Waals surface area contributed by atoms with Gasteiger partial charge in [-0.05, 0) is 37.5 Å². The van der Waals surface area contributed by atoms with E-state index in [2.05, 4.69) is 20.4 Å². The Morgan fingerprint density at radius 2 is 1.86 bits per heavy atom. The molecule has 4 atom stereocenters. The van der Waals surface area contributed by atoms with Gasteiger partial charge in [0.05, 0.1) is 30.2 Å². The highest BCUT2D eigenvalue weighted by Crippen LogP contribution is 2.40. The number of hydrogen-bond donors (Lipinski definition) is 3. The van der Waals surface area contributed by atoms with Crippen molar-refractivity contribution in [1.82, 2.24) is 15.6 Å². The van der Waals surface area contributed by atoms with Gasteiger partial charge in [0.1, 0.15) is 11.7 Å². The van der Waals surface area contributed by atoms with Gasteiger partial charge in [-0.15, -0.1) is 0 Å². The number of carbonyl (C=O) groups excluding carboxylic acids is 2. The molecule has 4 unspecified atom stereocenters. The zero-order chi connectivity index (χ0) is 26.1. The normalized spacial score (nSPS) is 20.8. The molecule has 0 radical (unpaired) electrons. The second kappa shape index (κ2) is 9.97. The first-order valence-corrected chi connectivity index (χ1v) is 10.6. The van der Waals surface area contributed by atoms with Crippen molar-refractivity contribution in [2.75, 3.05) is 13.7 Å². The minimum atomic E-state index is -5.04. The lowest BCUT2D eigenvalue weighted by atomic mass is 9.87. The van der Waals surface area contributed by atoms with E-state index >= 15 is 0 Å². The second-order valence-corrected chi connectivity index (χ2v) is 8.28. The first kappa shape index (κ1) is 26.7. The van der Waals surface area contributed by atoms with Gasteiger partial charge in [0.2, 0.25) is 5.91 Å². The van der Waals surface area contributed by atoms with E-state index in [4.69, 9.17) is 0 Å². The molecule has 7 nitrogen and oxygen atoms in total. The van der Waals surface area contributed by atoms with Crippen molar-refractivity contribution in [3.63, 3.8) is 0 Å². The van der Waals surface area contributed by atoms with E-state index in [1.165, 1.54) is 20.1 Å². The van der Waals surface area contributed by atoms with Gasteiger partial charge in [-0.1, -0.05) is 12.1 Å². The van der Waals surface area contributed by atoms with Gasteiger partial charge in [0, 0.05) is 18.0 Å². The summed E-state index contributed by atoms with van der Waals surface area (Å²) < 4.78 is 85.2. The van der Waals surface area contributed by atoms with E-state index in [1.54, 1.807) is 0 Å². The Bertz CT molecular complexity index is 1100. The molecule has 1 aromatic carbocycles. The van der Waals surface area contributed by atoms with Crippen LogP contribution in [-0.4, -0.2) is 47.7 Å². The minimum absolute atomic E-state index is 0.0321. The van der Waals surface area contributed by atoms with Crippen molar-refractivity contribution in [2.45, 2.75) is 50.3 Å².